The van der Waals surface area contributed by atoms with Crippen LogP contribution in [-0.4, -0.2) is 38.3 Å². The third-order valence-electron chi connectivity index (χ3n) is 4.39. The molecule has 0 bridgehead atoms. The summed E-state index contributed by atoms with van der Waals surface area (Å²) in [5, 5.41) is 2.82. The van der Waals surface area contributed by atoms with E-state index in [-0.39, 0.29) is 10.8 Å². The van der Waals surface area contributed by atoms with Gasteiger partial charge in [0.1, 0.15) is 0 Å². The second kappa shape index (κ2) is 8.12. The highest BCUT2D eigenvalue weighted by atomic mass is 32.2. The van der Waals surface area contributed by atoms with E-state index in [4.69, 9.17) is 0 Å². The maximum atomic E-state index is 12.9. The van der Waals surface area contributed by atoms with Crippen LogP contribution in [0.1, 0.15) is 50.4 Å². The van der Waals surface area contributed by atoms with Crippen molar-refractivity contribution in [3.8, 4) is 0 Å². The molecule has 1 amide bonds. The summed E-state index contributed by atoms with van der Waals surface area (Å²) in [5.74, 6) is 0.481. The van der Waals surface area contributed by atoms with Gasteiger partial charge in [-0.2, -0.15) is 4.31 Å². The predicted octanol–water partition coefficient (Wildman–Crippen LogP) is 2.88. The van der Waals surface area contributed by atoms with Gasteiger partial charge < -0.3 is 5.32 Å². The summed E-state index contributed by atoms with van der Waals surface area (Å²) in [6.07, 6.45) is 2.96. The summed E-state index contributed by atoms with van der Waals surface area (Å²) in [4.78, 5) is 12.4. The summed E-state index contributed by atoms with van der Waals surface area (Å²) < 4.78 is 27.4. The number of carbonyl (C=O) groups excluding carboxylic acids is 1. The number of carbonyl (C=O) groups is 1. The zero-order valence-corrected chi connectivity index (χ0v) is 15.6. The quantitative estimate of drug-likeness (QED) is 0.801. The molecule has 0 spiro atoms. The molecule has 2 unspecified atom stereocenters. The Morgan fingerprint density at radius 1 is 1.25 bits per heavy atom. The van der Waals surface area contributed by atoms with Crippen LogP contribution in [0.2, 0.25) is 0 Å². The number of rotatable bonds is 6. The van der Waals surface area contributed by atoms with Crippen molar-refractivity contribution in [1.82, 2.24) is 9.62 Å². The molecular weight excluding hydrogens is 324 g/mol. The van der Waals surface area contributed by atoms with Crippen LogP contribution in [0, 0.1) is 11.8 Å². The molecule has 1 N–H and O–H groups in total. The van der Waals surface area contributed by atoms with E-state index >= 15 is 0 Å². The van der Waals surface area contributed by atoms with Crippen molar-refractivity contribution >= 4 is 15.9 Å². The normalized spacial score (nSPS) is 22.3. The fourth-order valence-corrected chi connectivity index (χ4v) is 4.96. The lowest BCUT2D eigenvalue weighted by atomic mass is 9.94. The molecule has 134 valence electrons. The lowest BCUT2D eigenvalue weighted by Crippen LogP contribution is -2.42. The van der Waals surface area contributed by atoms with E-state index < -0.39 is 10.0 Å². The number of hydrogen-bond donors (Lipinski definition) is 1. The van der Waals surface area contributed by atoms with E-state index in [1.165, 1.54) is 6.07 Å². The van der Waals surface area contributed by atoms with Crippen molar-refractivity contribution < 1.29 is 13.2 Å². The molecule has 0 saturated carbocycles. The Labute approximate surface area is 145 Å². The average molecular weight is 353 g/mol. The molecule has 1 saturated heterocycles. The van der Waals surface area contributed by atoms with Crippen LogP contribution < -0.4 is 5.32 Å². The van der Waals surface area contributed by atoms with Crippen molar-refractivity contribution in [2.45, 2.75) is 44.9 Å². The SMILES string of the molecule is CCCCNC(=O)c1cccc(S(=O)(=O)N2CC(C)CC(C)C2)c1. The van der Waals surface area contributed by atoms with Gasteiger partial charge in [-0.05, 0) is 42.9 Å². The highest BCUT2D eigenvalue weighted by Crippen LogP contribution is 2.26. The topological polar surface area (TPSA) is 66.5 Å². The van der Waals surface area contributed by atoms with E-state index in [2.05, 4.69) is 26.1 Å². The number of benzene rings is 1. The standard InChI is InChI=1S/C18H28N2O3S/c1-4-5-9-19-18(21)16-7-6-8-17(11-16)24(22,23)20-12-14(2)10-15(3)13-20/h6-8,11,14-15H,4-5,9-10,12-13H2,1-3H3,(H,19,21). The van der Waals surface area contributed by atoms with E-state index in [0.717, 1.165) is 19.3 Å². The highest BCUT2D eigenvalue weighted by molar-refractivity contribution is 7.89. The molecular formula is C18H28N2O3S. The van der Waals surface area contributed by atoms with Gasteiger partial charge in [-0.25, -0.2) is 8.42 Å². The number of nitrogens with zero attached hydrogens (tertiary/aromatic N) is 1. The number of nitrogens with one attached hydrogen (secondary N) is 1. The summed E-state index contributed by atoms with van der Waals surface area (Å²) in [6.45, 7) is 7.90. The van der Waals surface area contributed by atoms with Crippen LogP contribution in [0.15, 0.2) is 29.2 Å². The Morgan fingerprint density at radius 3 is 2.54 bits per heavy atom. The molecule has 24 heavy (non-hydrogen) atoms. The summed E-state index contributed by atoms with van der Waals surface area (Å²) >= 11 is 0. The monoisotopic (exact) mass is 352 g/mol. The fraction of sp³-hybridized carbons (Fsp3) is 0.611. The fourth-order valence-electron chi connectivity index (χ4n) is 3.23. The average Bonchev–Trinajstić information content (AvgIpc) is 2.54. The van der Waals surface area contributed by atoms with Crippen LogP contribution in [0.3, 0.4) is 0 Å². The Balaban J connectivity index is 2.18. The molecule has 1 heterocycles. The first-order valence-electron chi connectivity index (χ1n) is 8.73. The second-order valence-corrected chi connectivity index (χ2v) is 8.84. The lowest BCUT2D eigenvalue weighted by Gasteiger charge is -2.34. The van der Waals surface area contributed by atoms with E-state index in [0.29, 0.717) is 37.0 Å². The number of sulfonamides is 1. The molecule has 1 aromatic rings. The highest BCUT2D eigenvalue weighted by Gasteiger charge is 2.31. The first-order valence-corrected chi connectivity index (χ1v) is 10.2. The Hall–Kier alpha value is -1.40. The van der Waals surface area contributed by atoms with Crippen LogP contribution >= 0.6 is 0 Å². The third kappa shape index (κ3) is 4.57. The smallest absolute Gasteiger partial charge is 0.251 e. The summed E-state index contributed by atoms with van der Waals surface area (Å²) in [6, 6.07) is 6.35. The van der Waals surface area contributed by atoms with Gasteiger partial charge in [0, 0.05) is 25.2 Å². The molecule has 2 atom stereocenters. The molecule has 2 rings (SSSR count). The molecule has 1 aliphatic rings. The minimum absolute atomic E-state index is 0.201. The van der Waals surface area contributed by atoms with Gasteiger partial charge in [0.05, 0.1) is 4.90 Å². The third-order valence-corrected chi connectivity index (χ3v) is 6.21. The van der Waals surface area contributed by atoms with Crippen molar-refractivity contribution in [2.24, 2.45) is 11.8 Å². The number of unbranched alkanes of at least 4 members (excludes halogenated alkanes) is 1. The minimum Gasteiger partial charge on any atom is -0.352 e. The van der Waals surface area contributed by atoms with Crippen LogP contribution in [0.4, 0.5) is 0 Å². The Morgan fingerprint density at radius 2 is 1.92 bits per heavy atom. The minimum atomic E-state index is -3.56. The van der Waals surface area contributed by atoms with Crippen LogP contribution in [0.5, 0.6) is 0 Å². The van der Waals surface area contributed by atoms with Gasteiger partial charge in [0.25, 0.3) is 5.91 Å². The van der Waals surface area contributed by atoms with Crippen LogP contribution in [-0.2, 0) is 10.0 Å². The zero-order valence-electron chi connectivity index (χ0n) is 14.8. The van der Waals surface area contributed by atoms with Gasteiger partial charge in [-0.1, -0.05) is 33.3 Å². The maximum absolute atomic E-state index is 12.9. The van der Waals surface area contributed by atoms with Crippen molar-refractivity contribution in [3.05, 3.63) is 29.8 Å². The van der Waals surface area contributed by atoms with E-state index in [1.54, 1.807) is 22.5 Å². The molecule has 5 nitrogen and oxygen atoms in total. The number of hydrogen-bond acceptors (Lipinski definition) is 3. The van der Waals surface area contributed by atoms with Crippen LogP contribution in [0.25, 0.3) is 0 Å². The van der Waals surface area contributed by atoms with E-state index in [1.807, 2.05) is 0 Å². The van der Waals surface area contributed by atoms with Gasteiger partial charge in [0.15, 0.2) is 0 Å². The lowest BCUT2D eigenvalue weighted by molar-refractivity contribution is 0.0953. The molecule has 0 aliphatic carbocycles. The second-order valence-electron chi connectivity index (χ2n) is 6.91. The van der Waals surface area contributed by atoms with Crippen molar-refractivity contribution in [1.29, 1.82) is 0 Å². The Kier molecular flexibility index (Phi) is 6.40. The van der Waals surface area contributed by atoms with Gasteiger partial charge in [-0.3, -0.25) is 4.79 Å². The first kappa shape index (κ1) is 18.9. The molecule has 0 radical (unpaired) electrons. The summed E-state index contributed by atoms with van der Waals surface area (Å²) in [7, 11) is -3.56. The van der Waals surface area contributed by atoms with Gasteiger partial charge in [0.2, 0.25) is 10.0 Å². The van der Waals surface area contributed by atoms with Gasteiger partial charge in [-0.15, -0.1) is 0 Å². The number of piperidine rings is 1. The first-order chi connectivity index (χ1) is 11.3. The van der Waals surface area contributed by atoms with Gasteiger partial charge >= 0.3 is 0 Å². The van der Waals surface area contributed by atoms with Crippen molar-refractivity contribution in [3.63, 3.8) is 0 Å². The maximum Gasteiger partial charge on any atom is 0.251 e. The summed E-state index contributed by atoms with van der Waals surface area (Å²) in [5.41, 5.74) is 0.394. The number of amides is 1. The zero-order chi connectivity index (χ0) is 17.7. The van der Waals surface area contributed by atoms with Crippen molar-refractivity contribution in [2.75, 3.05) is 19.6 Å². The van der Waals surface area contributed by atoms with E-state index in [9.17, 15) is 13.2 Å². The molecule has 6 heteroatoms. The Bertz CT molecular complexity index is 663. The largest absolute Gasteiger partial charge is 0.352 e. The molecule has 0 aromatic heterocycles. The molecule has 1 fully saturated rings. The molecule has 1 aromatic carbocycles. The predicted molar refractivity (Wildman–Crippen MR) is 95.4 cm³/mol. The molecule has 1 aliphatic heterocycles.